The number of likely N-dealkylation sites (tertiary alicyclic amines) is 2. The van der Waals surface area contributed by atoms with Gasteiger partial charge in [0.25, 0.3) is 0 Å². The van der Waals surface area contributed by atoms with Crippen molar-refractivity contribution in [1.29, 1.82) is 0 Å². The lowest BCUT2D eigenvalue weighted by Gasteiger charge is -2.39. The number of hydrogen-bond acceptors (Lipinski definition) is 4. The smallest absolute Gasteiger partial charge is 0.236 e. The van der Waals surface area contributed by atoms with Gasteiger partial charge in [-0.3, -0.25) is 9.69 Å². The Morgan fingerprint density at radius 1 is 1.07 bits per heavy atom. The van der Waals surface area contributed by atoms with Crippen LogP contribution in [0.1, 0.15) is 44.9 Å². The highest BCUT2D eigenvalue weighted by atomic mass is 16.5. The van der Waals surface area contributed by atoms with E-state index < -0.39 is 0 Å². The molecule has 4 rings (SSSR count). The summed E-state index contributed by atoms with van der Waals surface area (Å²) in [7, 11) is 2.17. The largest absolute Gasteiger partial charge is 0.373 e. The van der Waals surface area contributed by atoms with Gasteiger partial charge in [-0.1, -0.05) is 31.0 Å². The van der Waals surface area contributed by atoms with Crippen molar-refractivity contribution in [3.63, 3.8) is 0 Å². The zero-order chi connectivity index (χ0) is 19.4. The number of amides is 1. The molecule has 1 aromatic rings. The molecule has 3 saturated heterocycles. The minimum Gasteiger partial charge on any atom is -0.373 e. The molecule has 1 spiro atoms. The standard InChI is InChI=1S/C23H35N3O2/c1-24(20-9-5-4-6-10-20)21-17-23(28-19-21)11-15-26(16-12-23)22(27)18-25-13-7-2-3-8-14-25/h4-6,9-10,21H,2-3,7-8,11-19H2,1H3/t21-/m0/s1. The van der Waals surface area contributed by atoms with Gasteiger partial charge < -0.3 is 14.5 Å². The number of carbonyl (C=O) groups is 1. The van der Waals surface area contributed by atoms with Gasteiger partial charge >= 0.3 is 0 Å². The number of carbonyl (C=O) groups excluding carboxylic acids is 1. The molecule has 1 amide bonds. The molecule has 5 nitrogen and oxygen atoms in total. The van der Waals surface area contributed by atoms with Gasteiger partial charge in [0.2, 0.25) is 5.91 Å². The van der Waals surface area contributed by atoms with Crippen LogP contribution in [-0.4, -0.2) is 73.7 Å². The number of rotatable bonds is 4. The minimum atomic E-state index is -0.0346. The first-order chi connectivity index (χ1) is 13.7. The SMILES string of the molecule is CN(c1ccccc1)[C@@H]1COC2(CCN(C(=O)CN3CCCCCC3)CC2)C1. The number of hydrogen-bond donors (Lipinski definition) is 0. The molecule has 0 unspecified atom stereocenters. The number of benzene rings is 1. The Hall–Kier alpha value is -1.59. The Bertz CT molecular complexity index is 635. The van der Waals surface area contributed by atoms with Crippen molar-refractivity contribution in [1.82, 2.24) is 9.80 Å². The summed E-state index contributed by atoms with van der Waals surface area (Å²) in [5, 5.41) is 0. The topological polar surface area (TPSA) is 36.0 Å². The molecule has 3 aliphatic heterocycles. The predicted molar refractivity (Wildman–Crippen MR) is 113 cm³/mol. The van der Waals surface area contributed by atoms with E-state index >= 15 is 0 Å². The fourth-order valence-electron chi connectivity index (χ4n) is 5.04. The zero-order valence-corrected chi connectivity index (χ0v) is 17.3. The Morgan fingerprint density at radius 2 is 1.75 bits per heavy atom. The molecule has 3 aliphatic rings. The fraction of sp³-hybridized carbons (Fsp3) is 0.696. The summed E-state index contributed by atoms with van der Waals surface area (Å²) in [5.41, 5.74) is 1.21. The number of likely N-dealkylation sites (N-methyl/N-ethyl adjacent to an activating group) is 1. The van der Waals surface area contributed by atoms with Gasteiger partial charge in [0, 0.05) is 25.8 Å². The van der Waals surface area contributed by atoms with Gasteiger partial charge in [0.15, 0.2) is 0 Å². The molecule has 154 valence electrons. The van der Waals surface area contributed by atoms with Crippen LogP contribution in [0.3, 0.4) is 0 Å². The van der Waals surface area contributed by atoms with Crippen LogP contribution in [0.4, 0.5) is 5.69 Å². The summed E-state index contributed by atoms with van der Waals surface area (Å²) in [6, 6.07) is 11.0. The molecular weight excluding hydrogens is 350 g/mol. The number of nitrogens with zero attached hydrogens (tertiary/aromatic N) is 3. The van der Waals surface area contributed by atoms with Crippen LogP contribution in [0.2, 0.25) is 0 Å². The van der Waals surface area contributed by atoms with E-state index in [1.165, 1.54) is 31.4 Å². The van der Waals surface area contributed by atoms with Gasteiger partial charge in [-0.2, -0.15) is 0 Å². The summed E-state index contributed by atoms with van der Waals surface area (Å²) in [5.74, 6) is 0.313. The molecular formula is C23H35N3O2. The summed E-state index contributed by atoms with van der Waals surface area (Å²) < 4.78 is 6.34. The second kappa shape index (κ2) is 8.83. The van der Waals surface area contributed by atoms with Crippen LogP contribution in [0, 0.1) is 0 Å². The molecule has 3 heterocycles. The van der Waals surface area contributed by atoms with Gasteiger partial charge in [0.05, 0.1) is 24.8 Å². The monoisotopic (exact) mass is 385 g/mol. The Morgan fingerprint density at radius 3 is 2.43 bits per heavy atom. The average Bonchev–Trinajstić information content (AvgIpc) is 2.96. The van der Waals surface area contributed by atoms with Crippen LogP contribution < -0.4 is 4.90 Å². The Kier molecular flexibility index (Phi) is 6.22. The van der Waals surface area contributed by atoms with Crippen molar-refractivity contribution in [2.75, 3.05) is 51.3 Å². The Balaban J connectivity index is 1.27. The van der Waals surface area contributed by atoms with E-state index in [0.717, 1.165) is 52.0 Å². The highest BCUT2D eigenvalue weighted by Gasteiger charge is 2.44. The first kappa shape index (κ1) is 19.7. The highest BCUT2D eigenvalue weighted by Crippen LogP contribution is 2.38. The molecule has 1 atom stereocenters. The maximum atomic E-state index is 12.8. The third kappa shape index (κ3) is 4.52. The lowest BCUT2D eigenvalue weighted by atomic mass is 9.87. The quantitative estimate of drug-likeness (QED) is 0.798. The van der Waals surface area contributed by atoms with Crippen LogP contribution in [0.5, 0.6) is 0 Å². The van der Waals surface area contributed by atoms with E-state index in [9.17, 15) is 4.79 Å². The van der Waals surface area contributed by atoms with Crippen molar-refractivity contribution in [3.8, 4) is 0 Å². The maximum absolute atomic E-state index is 12.8. The second-order valence-electron chi connectivity index (χ2n) is 8.87. The maximum Gasteiger partial charge on any atom is 0.236 e. The second-order valence-corrected chi connectivity index (χ2v) is 8.87. The summed E-state index contributed by atoms with van der Waals surface area (Å²) in [6.07, 6.45) is 8.10. The van der Waals surface area contributed by atoms with Crippen molar-refractivity contribution in [3.05, 3.63) is 30.3 Å². The van der Waals surface area contributed by atoms with Gasteiger partial charge in [-0.05, 0) is 57.3 Å². The minimum absolute atomic E-state index is 0.0346. The molecule has 0 aliphatic carbocycles. The van der Waals surface area contributed by atoms with E-state index in [2.05, 4.69) is 52.1 Å². The van der Waals surface area contributed by atoms with Crippen LogP contribution >= 0.6 is 0 Å². The number of anilines is 1. The first-order valence-electron chi connectivity index (χ1n) is 11.1. The average molecular weight is 386 g/mol. The molecule has 0 aromatic heterocycles. The molecule has 3 fully saturated rings. The highest BCUT2D eigenvalue weighted by molar-refractivity contribution is 5.78. The van der Waals surface area contributed by atoms with Gasteiger partial charge in [0.1, 0.15) is 0 Å². The van der Waals surface area contributed by atoms with E-state index in [1.54, 1.807) is 0 Å². The van der Waals surface area contributed by atoms with E-state index in [1.807, 2.05) is 0 Å². The van der Waals surface area contributed by atoms with Gasteiger partial charge in [-0.15, -0.1) is 0 Å². The van der Waals surface area contributed by atoms with Crippen molar-refractivity contribution in [2.24, 2.45) is 0 Å². The molecule has 0 radical (unpaired) electrons. The van der Waals surface area contributed by atoms with Crippen LogP contribution in [-0.2, 0) is 9.53 Å². The van der Waals surface area contributed by atoms with Crippen molar-refractivity contribution in [2.45, 2.75) is 56.6 Å². The third-order valence-electron chi connectivity index (χ3n) is 6.99. The molecule has 0 saturated carbocycles. The lowest BCUT2D eigenvalue weighted by Crippen LogP contribution is -2.49. The van der Waals surface area contributed by atoms with Gasteiger partial charge in [-0.25, -0.2) is 0 Å². The van der Waals surface area contributed by atoms with E-state index in [-0.39, 0.29) is 5.60 Å². The van der Waals surface area contributed by atoms with Crippen molar-refractivity contribution < 1.29 is 9.53 Å². The molecule has 0 N–H and O–H groups in total. The number of para-hydroxylation sites is 1. The van der Waals surface area contributed by atoms with Crippen LogP contribution in [0.25, 0.3) is 0 Å². The molecule has 5 heteroatoms. The summed E-state index contributed by atoms with van der Waals surface area (Å²) >= 11 is 0. The predicted octanol–water partition coefficient (Wildman–Crippen LogP) is 3.15. The molecule has 28 heavy (non-hydrogen) atoms. The summed E-state index contributed by atoms with van der Waals surface area (Å²) in [6.45, 7) is 5.24. The number of piperidine rings is 1. The van der Waals surface area contributed by atoms with E-state index in [4.69, 9.17) is 4.74 Å². The zero-order valence-electron chi connectivity index (χ0n) is 17.3. The lowest BCUT2D eigenvalue weighted by molar-refractivity contribution is -0.137. The van der Waals surface area contributed by atoms with E-state index in [0.29, 0.717) is 18.5 Å². The molecule has 1 aromatic carbocycles. The third-order valence-corrected chi connectivity index (χ3v) is 6.99. The molecule has 0 bridgehead atoms. The summed E-state index contributed by atoms with van der Waals surface area (Å²) in [4.78, 5) is 19.6. The first-order valence-corrected chi connectivity index (χ1v) is 11.1. The normalized spacial score (nSPS) is 25.6. The van der Waals surface area contributed by atoms with Crippen molar-refractivity contribution >= 4 is 11.6 Å². The van der Waals surface area contributed by atoms with Crippen LogP contribution in [0.15, 0.2) is 30.3 Å². The fourth-order valence-corrected chi connectivity index (χ4v) is 5.04. The number of ether oxygens (including phenoxy) is 1. The Labute approximate surface area is 169 Å².